The van der Waals surface area contributed by atoms with Crippen LogP contribution in [-0.4, -0.2) is 28.1 Å². The third kappa shape index (κ3) is 6.64. The van der Waals surface area contributed by atoms with Gasteiger partial charge in [0, 0.05) is 12.2 Å². The van der Waals surface area contributed by atoms with Gasteiger partial charge < -0.3 is 16.8 Å². The van der Waals surface area contributed by atoms with Gasteiger partial charge in [-0.25, -0.2) is 0 Å². The van der Waals surface area contributed by atoms with Crippen molar-refractivity contribution in [2.45, 2.75) is 44.9 Å². The van der Waals surface area contributed by atoms with Crippen LogP contribution < -0.4 is 21.7 Å². The van der Waals surface area contributed by atoms with Gasteiger partial charge in [-0.2, -0.15) is 17.5 Å². The predicted molar refractivity (Wildman–Crippen MR) is 135 cm³/mol. The van der Waals surface area contributed by atoms with E-state index in [9.17, 15) is 27.6 Å². The van der Waals surface area contributed by atoms with E-state index < -0.39 is 35.5 Å². The summed E-state index contributed by atoms with van der Waals surface area (Å²) in [5.74, 6) is -2.37. The van der Waals surface area contributed by atoms with Crippen LogP contribution in [0.15, 0.2) is 54.6 Å². The van der Waals surface area contributed by atoms with E-state index in [0.29, 0.717) is 24.4 Å². The number of hydrogen-bond acceptors (Lipinski definition) is 6. The number of rotatable bonds is 10. The second kappa shape index (κ2) is 11.9. The highest BCUT2D eigenvalue weighted by molar-refractivity contribution is 7.09. The molecule has 0 aliphatic heterocycles. The van der Waals surface area contributed by atoms with Gasteiger partial charge in [-0.1, -0.05) is 56.2 Å². The zero-order valence-electron chi connectivity index (χ0n) is 19.9. The summed E-state index contributed by atoms with van der Waals surface area (Å²) >= 11 is 0.588. The molecule has 0 radical (unpaired) electrons. The molecule has 12 heteroatoms. The molecule has 0 fully saturated rings. The fourth-order valence-electron chi connectivity index (χ4n) is 3.69. The van der Waals surface area contributed by atoms with Crippen molar-refractivity contribution in [1.82, 2.24) is 9.69 Å². The van der Waals surface area contributed by atoms with Crippen LogP contribution in [0.2, 0.25) is 0 Å². The first-order chi connectivity index (χ1) is 17.5. The topological polar surface area (TPSA) is 131 Å². The van der Waals surface area contributed by atoms with Crippen LogP contribution in [0.3, 0.4) is 0 Å². The first kappa shape index (κ1) is 27.7. The van der Waals surface area contributed by atoms with Crippen molar-refractivity contribution in [3.63, 3.8) is 0 Å². The van der Waals surface area contributed by atoms with Gasteiger partial charge in [-0.15, -0.1) is 0 Å². The summed E-state index contributed by atoms with van der Waals surface area (Å²) in [7, 11) is 0. The number of aromatic nitrogens is 1. The number of carbonyl (C=O) groups is 3. The number of nitrogen functional groups attached to an aromatic ring is 1. The lowest BCUT2D eigenvalue weighted by Crippen LogP contribution is -2.50. The zero-order chi connectivity index (χ0) is 27.2. The molecule has 0 saturated heterocycles. The van der Waals surface area contributed by atoms with E-state index in [4.69, 9.17) is 11.5 Å². The third-order valence-electron chi connectivity index (χ3n) is 5.58. The summed E-state index contributed by atoms with van der Waals surface area (Å²) in [5.41, 5.74) is 10.3. The minimum atomic E-state index is -4.68. The molecule has 0 spiro atoms. The molecule has 1 atom stereocenters. The highest BCUT2D eigenvalue weighted by Crippen LogP contribution is 2.34. The maximum absolute atomic E-state index is 13.7. The predicted octanol–water partition coefficient (Wildman–Crippen LogP) is 4.37. The summed E-state index contributed by atoms with van der Waals surface area (Å²) in [4.78, 5) is 39.6. The van der Waals surface area contributed by atoms with Gasteiger partial charge in [-0.05, 0) is 41.7 Å². The van der Waals surface area contributed by atoms with Crippen LogP contribution in [0.4, 0.5) is 24.5 Å². The van der Waals surface area contributed by atoms with E-state index in [2.05, 4.69) is 9.69 Å². The van der Waals surface area contributed by atoms with E-state index in [0.717, 1.165) is 28.7 Å². The minimum absolute atomic E-state index is 0.149. The molecule has 5 N–H and O–H groups in total. The average molecular weight is 534 g/mol. The normalized spacial score (nSPS) is 12.1. The molecule has 2 aromatic carbocycles. The second-order valence-corrected chi connectivity index (χ2v) is 9.00. The Labute approximate surface area is 215 Å². The molecule has 1 heterocycles. The van der Waals surface area contributed by atoms with Gasteiger partial charge in [0.25, 0.3) is 11.8 Å². The number of hydrogen-bond donors (Lipinski definition) is 3. The number of anilines is 2. The minimum Gasteiger partial charge on any atom is -0.395 e. The van der Waals surface area contributed by atoms with Gasteiger partial charge in [0.1, 0.15) is 10.9 Å². The van der Waals surface area contributed by atoms with Gasteiger partial charge in [0.15, 0.2) is 5.69 Å². The number of carbonyl (C=O) groups excluding carboxylic acids is 3. The summed E-state index contributed by atoms with van der Waals surface area (Å²) in [6, 6.07) is 12.0. The van der Waals surface area contributed by atoms with Crippen molar-refractivity contribution in [3.8, 4) is 0 Å². The molecule has 196 valence electrons. The van der Waals surface area contributed by atoms with E-state index >= 15 is 0 Å². The Morgan fingerprint density at radius 1 is 1.11 bits per heavy atom. The van der Waals surface area contributed by atoms with E-state index in [1.807, 2.05) is 13.0 Å². The molecule has 1 unspecified atom stereocenters. The van der Waals surface area contributed by atoms with Crippen LogP contribution >= 0.6 is 11.5 Å². The zero-order valence-corrected chi connectivity index (χ0v) is 20.7. The lowest BCUT2D eigenvalue weighted by Gasteiger charge is -2.31. The smallest absolute Gasteiger partial charge is 0.395 e. The van der Waals surface area contributed by atoms with Crippen LogP contribution in [0.1, 0.15) is 57.5 Å². The molecule has 8 nitrogen and oxygen atoms in total. The van der Waals surface area contributed by atoms with Gasteiger partial charge >= 0.3 is 6.18 Å². The molecule has 0 aliphatic rings. The fraction of sp³-hybridized carbons (Fsp3) is 0.280. The summed E-state index contributed by atoms with van der Waals surface area (Å²) in [5, 5.41) is 2.77. The molecular formula is C25H26F3N5O3S. The number of alkyl halides is 3. The SMILES string of the molecule is CCCCC(C(=O)NCc1ccccc1)N(C(=O)c1snc(C(N)=O)c1N)c1cccc(C(F)(F)F)c1. The Kier molecular flexibility index (Phi) is 8.87. The Hall–Kier alpha value is -3.93. The third-order valence-corrected chi connectivity index (χ3v) is 6.43. The number of amides is 3. The van der Waals surface area contributed by atoms with Gasteiger partial charge in [0.2, 0.25) is 5.91 Å². The van der Waals surface area contributed by atoms with Crippen LogP contribution in [0, 0.1) is 0 Å². The molecule has 0 saturated carbocycles. The lowest BCUT2D eigenvalue weighted by atomic mass is 10.0. The number of halogens is 3. The van der Waals surface area contributed by atoms with Crippen molar-refractivity contribution in [2.24, 2.45) is 5.73 Å². The van der Waals surface area contributed by atoms with Gasteiger partial charge in [0.05, 0.1) is 11.3 Å². The summed E-state index contributed by atoms with van der Waals surface area (Å²) in [6.45, 7) is 2.04. The standard InChI is InChI=1S/C25H26F3N5O3S/c1-2-3-12-18(23(35)31-14-15-8-5-4-6-9-15)33(17-11-7-10-16(13-17)25(26,27)28)24(36)21-19(29)20(22(30)34)32-37-21/h4-11,13,18H,2-3,12,14,29H2,1H3,(H2,30,34)(H,31,35). The highest BCUT2D eigenvalue weighted by Gasteiger charge is 2.36. The van der Waals surface area contributed by atoms with Gasteiger partial charge in [-0.3, -0.25) is 19.3 Å². The first-order valence-electron chi connectivity index (χ1n) is 11.4. The Morgan fingerprint density at radius 3 is 2.41 bits per heavy atom. The van der Waals surface area contributed by atoms with E-state index in [1.54, 1.807) is 24.3 Å². The van der Waals surface area contributed by atoms with Crippen molar-refractivity contribution >= 4 is 40.6 Å². The number of nitrogens with two attached hydrogens (primary N) is 2. The van der Waals surface area contributed by atoms with Crippen molar-refractivity contribution in [3.05, 3.63) is 76.3 Å². The first-order valence-corrected chi connectivity index (χ1v) is 12.2. The maximum atomic E-state index is 13.7. The molecule has 0 aliphatic carbocycles. The second-order valence-electron chi connectivity index (χ2n) is 8.22. The Bertz CT molecular complexity index is 1260. The molecule has 0 bridgehead atoms. The highest BCUT2D eigenvalue weighted by atomic mass is 32.1. The van der Waals surface area contributed by atoms with Crippen molar-refractivity contribution in [1.29, 1.82) is 0 Å². The van der Waals surface area contributed by atoms with Crippen LogP contribution in [0.25, 0.3) is 0 Å². The van der Waals surface area contributed by atoms with Crippen molar-refractivity contribution < 1.29 is 27.6 Å². The monoisotopic (exact) mass is 533 g/mol. The molecule has 3 rings (SSSR count). The van der Waals surface area contributed by atoms with E-state index in [-0.39, 0.29) is 34.9 Å². The molecule has 3 aromatic rings. The molecule has 3 amide bonds. The molecule has 37 heavy (non-hydrogen) atoms. The molecule has 1 aromatic heterocycles. The van der Waals surface area contributed by atoms with Crippen LogP contribution in [-0.2, 0) is 17.5 Å². The largest absolute Gasteiger partial charge is 0.416 e. The molecular weight excluding hydrogens is 507 g/mol. The number of nitrogens with zero attached hydrogens (tertiary/aromatic N) is 2. The Balaban J connectivity index is 2.08. The number of primary amides is 1. The summed E-state index contributed by atoms with van der Waals surface area (Å²) < 4.78 is 44.4. The number of benzene rings is 2. The Morgan fingerprint density at radius 2 is 1.81 bits per heavy atom. The number of nitrogens with one attached hydrogen (secondary N) is 1. The van der Waals surface area contributed by atoms with Crippen molar-refractivity contribution in [2.75, 3.05) is 10.6 Å². The lowest BCUT2D eigenvalue weighted by molar-refractivity contribution is -0.137. The fourth-order valence-corrected chi connectivity index (χ4v) is 4.43. The number of unbranched alkanes of at least 4 members (excludes halogenated alkanes) is 1. The maximum Gasteiger partial charge on any atom is 0.416 e. The van der Waals surface area contributed by atoms with E-state index in [1.165, 1.54) is 6.07 Å². The quantitative estimate of drug-likeness (QED) is 0.356. The summed E-state index contributed by atoms with van der Waals surface area (Å²) in [6.07, 6.45) is -3.33. The van der Waals surface area contributed by atoms with Crippen LogP contribution in [0.5, 0.6) is 0 Å². The average Bonchev–Trinajstić information content (AvgIpc) is 3.26.